The van der Waals surface area contributed by atoms with Crippen LogP contribution in [-0.4, -0.2) is 30.9 Å². The molecule has 0 spiro atoms. The molecule has 0 atom stereocenters. The molecule has 2 aromatic rings. The van der Waals surface area contributed by atoms with Gasteiger partial charge in [0.05, 0.1) is 0 Å². The van der Waals surface area contributed by atoms with Crippen molar-refractivity contribution in [3.8, 4) is 0 Å². The van der Waals surface area contributed by atoms with E-state index >= 15 is 0 Å². The molecular weight excluding hydrogens is 234 g/mol. The number of rotatable bonds is 5. The second-order valence-corrected chi connectivity index (χ2v) is 3.88. The fraction of sp³-hybridized carbons (Fsp3) is 0.400. The van der Waals surface area contributed by atoms with Crippen molar-refractivity contribution >= 4 is 17.7 Å². The van der Waals surface area contributed by atoms with E-state index in [2.05, 4.69) is 32.5 Å². The first-order valence-corrected chi connectivity index (χ1v) is 5.66. The molecule has 18 heavy (non-hydrogen) atoms. The molecule has 0 unspecified atom stereocenters. The van der Waals surface area contributed by atoms with E-state index in [1.165, 1.54) is 11.0 Å². The Bertz CT molecular complexity index is 530. The monoisotopic (exact) mass is 249 g/mol. The van der Waals surface area contributed by atoms with Crippen LogP contribution in [0, 0.1) is 0 Å². The van der Waals surface area contributed by atoms with Crippen molar-refractivity contribution in [1.82, 2.24) is 25.0 Å². The number of H-pyrrole nitrogens is 1. The standard InChI is InChI=1S/C10H15N7O/c1-2-3-7-4-8(15-14-7)13-9(18)5-17-6-12-10(11)16-17/h4,6H,2-3,5H2,1H3,(H2,11,16)(H2,13,14,15,18). The average Bonchev–Trinajstić information content (AvgIpc) is 2.89. The second-order valence-electron chi connectivity index (χ2n) is 3.88. The van der Waals surface area contributed by atoms with Crippen molar-refractivity contribution in [3.63, 3.8) is 0 Å². The number of aryl methyl sites for hydroxylation is 1. The molecule has 0 bridgehead atoms. The van der Waals surface area contributed by atoms with Gasteiger partial charge in [-0.05, 0) is 6.42 Å². The summed E-state index contributed by atoms with van der Waals surface area (Å²) in [6.45, 7) is 2.13. The van der Waals surface area contributed by atoms with Crippen molar-refractivity contribution in [3.05, 3.63) is 18.1 Å². The number of nitrogens with one attached hydrogen (secondary N) is 2. The number of nitrogens with zero attached hydrogens (tertiary/aromatic N) is 4. The molecular formula is C10H15N7O. The van der Waals surface area contributed by atoms with Gasteiger partial charge in [0.15, 0.2) is 5.82 Å². The summed E-state index contributed by atoms with van der Waals surface area (Å²) >= 11 is 0. The van der Waals surface area contributed by atoms with E-state index in [-0.39, 0.29) is 18.4 Å². The number of nitrogens with two attached hydrogens (primary N) is 1. The third-order valence-electron chi connectivity index (χ3n) is 2.28. The topological polar surface area (TPSA) is 115 Å². The van der Waals surface area contributed by atoms with E-state index in [4.69, 9.17) is 5.73 Å². The van der Waals surface area contributed by atoms with Crippen LogP contribution in [0.15, 0.2) is 12.4 Å². The predicted molar refractivity (Wildman–Crippen MR) is 65.6 cm³/mol. The number of anilines is 2. The lowest BCUT2D eigenvalue weighted by atomic mass is 10.2. The molecule has 0 aliphatic heterocycles. The zero-order valence-electron chi connectivity index (χ0n) is 10.1. The van der Waals surface area contributed by atoms with Crippen molar-refractivity contribution in [2.45, 2.75) is 26.3 Å². The number of aromatic nitrogens is 5. The fourth-order valence-corrected chi connectivity index (χ4v) is 1.54. The molecule has 96 valence electrons. The SMILES string of the molecule is CCCc1cc(NC(=O)Cn2cnc(N)n2)n[nH]1. The Morgan fingerprint density at radius 1 is 1.61 bits per heavy atom. The Kier molecular flexibility index (Phi) is 3.56. The Morgan fingerprint density at radius 3 is 3.11 bits per heavy atom. The van der Waals surface area contributed by atoms with Gasteiger partial charge in [-0.25, -0.2) is 9.67 Å². The summed E-state index contributed by atoms with van der Waals surface area (Å²) in [7, 11) is 0. The molecule has 0 saturated heterocycles. The van der Waals surface area contributed by atoms with E-state index < -0.39 is 0 Å². The summed E-state index contributed by atoms with van der Waals surface area (Å²) in [5.41, 5.74) is 6.35. The number of nitrogen functional groups attached to an aromatic ring is 1. The molecule has 2 aromatic heterocycles. The Balaban J connectivity index is 1.90. The highest BCUT2D eigenvalue weighted by Gasteiger charge is 2.07. The first-order chi connectivity index (χ1) is 8.67. The number of hydrogen-bond donors (Lipinski definition) is 3. The van der Waals surface area contributed by atoms with Crippen molar-refractivity contribution in [2.75, 3.05) is 11.1 Å². The molecule has 8 nitrogen and oxygen atoms in total. The molecule has 8 heteroatoms. The van der Waals surface area contributed by atoms with E-state index in [1.54, 1.807) is 0 Å². The van der Waals surface area contributed by atoms with Crippen LogP contribution >= 0.6 is 0 Å². The minimum Gasteiger partial charge on any atom is -0.367 e. The largest absolute Gasteiger partial charge is 0.367 e. The van der Waals surface area contributed by atoms with Crippen LogP contribution in [0.5, 0.6) is 0 Å². The molecule has 4 N–H and O–H groups in total. The van der Waals surface area contributed by atoms with Crippen molar-refractivity contribution in [2.24, 2.45) is 0 Å². The number of hydrogen-bond acceptors (Lipinski definition) is 5. The lowest BCUT2D eigenvalue weighted by Crippen LogP contribution is -2.19. The normalized spacial score (nSPS) is 10.5. The first kappa shape index (κ1) is 12.1. The van der Waals surface area contributed by atoms with Gasteiger partial charge in [0.1, 0.15) is 12.9 Å². The molecule has 0 aliphatic rings. The highest BCUT2D eigenvalue weighted by atomic mass is 16.2. The number of carbonyl (C=O) groups excluding carboxylic acids is 1. The van der Waals surface area contributed by atoms with Crippen molar-refractivity contribution < 1.29 is 4.79 Å². The number of amides is 1. The molecule has 0 saturated carbocycles. The van der Waals surface area contributed by atoms with Crippen LogP contribution in [0.25, 0.3) is 0 Å². The molecule has 2 rings (SSSR count). The van der Waals surface area contributed by atoms with Crippen LogP contribution in [0.2, 0.25) is 0 Å². The van der Waals surface area contributed by atoms with Gasteiger partial charge in [0, 0.05) is 11.8 Å². The van der Waals surface area contributed by atoms with Crippen LogP contribution in [0.1, 0.15) is 19.0 Å². The van der Waals surface area contributed by atoms with Gasteiger partial charge in [-0.15, -0.1) is 5.10 Å². The van der Waals surface area contributed by atoms with Gasteiger partial charge < -0.3 is 11.1 Å². The van der Waals surface area contributed by atoms with E-state index in [1.807, 2.05) is 6.07 Å². The third-order valence-corrected chi connectivity index (χ3v) is 2.28. The molecule has 0 fully saturated rings. The fourth-order valence-electron chi connectivity index (χ4n) is 1.54. The number of aromatic amines is 1. The zero-order valence-corrected chi connectivity index (χ0v) is 10.1. The van der Waals surface area contributed by atoms with Gasteiger partial charge in [0.2, 0.25) is 11.9 Å². The Labute approximate surface area is 104 Å². The molecule has 0 radical (unpaired) electrons. The maximum absolute atomic E-state index is 11.7. The highest BCUT2D eigenvalue weighted by molar-refractivity contribution is 5.89. The Hall–Kier alpha value is -2.38. The van der Waals surface area contributed by atoms with E-state index in [0.29, 0.717) is 5.82 Å². The van der Waals surface area contributed by atoms with Crippen LogP contribution in [-0.2, 0) is 17.8 Å². The number of carbonyl (C=O) groups is 1. The van der Waals surface area contributed by atoms with Crippen molar-refractivity contribution in [1.29, 1.82) is 0 Å². The van der Waals surface area contributed by atoms with Crippen LogP contribution in [0.4, 0.5) is 11.8 Å². The van der Waals surface area contributed by atoms with Crippen LogP contribution in [0.3, 0.4) is 0 Å². The second kappa shape index (κ2) is 5.30. The van der Waals surface area contributed by atoms with Gasteiger partial charge in [-0.1, -0.05) is 13.3 Å². The minimum atomic E-state index is -0.227. The summed E-state index contributed by atoms with van der Waals surface area (Å²) in [5, 5.41) is 13.3. The molecule has 0 aliphatic carbocycles. The lowest BCUT2D eigenvalue weighted by molar-refractivity contribution is -0.116. The molecule has 1 amide bonds. The molecule has 2 heterocycles. The van der Waals surface area contributed by atoms with E-state index in [9.17, 15) is 4.79 Å². The van der Waals surface area contributed by atoms with Gasteiger partial charge in [-0.3, -0.25) is 9.89 Å². The summed E-state index contributed by atoms with van der Waals surface area (Å²) in [6, 6.07) is 1.82. The predicted octanol–water partition coefficient (Wildman–Crippen LogP) is 0.175. The average molecular weight is 249 g/mol. The first-order valence-electron chi connectivity index (χ1n) is 5.66. The minimum absolute atomic E-state index is 0.0557. The van der Waals surface area contributed by atoms with Gasteiger partial charge >= 0.3 is 0 Å². The van der Waals surface area contributed by atoms with Gasteiger partial charge in [0.25, 0.3) is 0 Å². The summed E-state index contributed by atoms with van der Waals surface area (Å²) in [5.74, 6) is 0.429. The maximum atomic E-state index is 11.7. The van der Waals surface area contributed by atoms with E-state index in [0.717, 1.165) is 18.5 Å². The summed E-state index contributed by atoms with van der Waals surface area (Å²) in [4.78, 5) is 15.4. The lowest BCUT2D eigenvalue weighted by Gasteiger charge is -2.00. The van der Waals surface area contributed by atoms with Gasteiger partial charge in [-0.2, -0.15) is 5.10 Å². The zero-order chi connectivity index (χ0) is 13.0. The highest BCUT2D eigenvalue weighted by Crippen LogP contribution is 2.07. The molecule has 0 aromatic carbocycles. The summed E-state index contributed by atoms with van der Waals surface area (Å²) in [6.07, 6.45) is 3.33. The van der Waals surface area contributed by atoms with Crippen LogP contribution < -0.4 is 11.1 Å². The summed E-state index contributed by atoms with van der Waals surface area (Å²) < 4.78 is 1.37. The smallest absolute Gasteiger partial charge is 0.247 e. The Morgan fingerprint density at radius 2 is 2.44 bits per heavy atom. The quantitative estimate of drug-likeness (QED) is 0.699. The third kappa shape index (κ3) is 3.06. The maximum Gasteiger partial charge on any atom is 0.247 e.